The van der Waals surface area contributed by atoms with Gasteiger partial charge in [-0.2, -0.15) is 0 Å². The third kappa shape index (κ3) is 6.84. The van der Waals surface area contributed by atoms with E-state index < -0.39 is 0 Å². The van der Waals surface area contributed by atoms with Crippen LogP contribution in [0.1, 0.15) is 32.3 Å². The first-order chi connectivity index (χ1) is 13.4. The van der Waals surface area contributed by atoms with Crippen molar-refractivity contribution in [2.75, 3.05) is 19.6 Å². The fraction of sp³-hybridized carbons (Fsp3) is 0.400. The van der Waals surface area contributed by atoms with Gasteiger partial charge in [-0.3, -0.25) is 24.1 Å². The summed E-state index contributed by atoms with van der Waals surface area (Å²) in [5, 5.41) is 4.81. The van der Waals surface area contributed by atoms with E-state index in [9.17, 15) is 19.2 Å². The molecule has 0 spiro atoms. The van der Waals surface area contributed by atoms with E-state index in [0.717, 1.165) is 28.6 Å². The molecule has 0 radical (unpaired) electrons. The minimum absolute atomic E-state index is 0.0871. The number of rotatable bonds is 9. The molecule has 1 aliphatic rings. The molecule has 7 nitrogen and oxygen atoms in total. The number of carbonyl (C=O) groups excluding carboxylic acids is 4. The predicted molar refractivity (Wildman–Crippen MR) is 109 cm³/mol. The minimum Gasteiger partial charge on any atom is -0.353 e. The van der Waals surface area contributed by atoms with Crippen LogP contribution in [0.3, 0.4) is 0 Å². The zero-order valence-electron chi connectivity index (χ0n) is 16.1. The minimum atomic E-state index is -0.366. The molecular formula is C20H25N3O4S. The Bertz CT molecular complexity index is 762. The van der Waals surface area contributed by atoms with Crippen molar-refractivity contribution in [3.05, 3.63) is 40.8 Å². The molecular weight excluding hydrogens is 378 g/mol. The molecule has 0 atom stereocenters. The fourth-order valence-electron chi connectivity index (χ4n) is 2.45. The zero-order chi connectivity index (χ0) is 20.5. The van der Waals surface area contributed by atoms with E-state index in [2.05, 4.69) is 10.6 Å². The van der Waals surface area contributed by atoms with Crippen molar-refractivity contribution >= 4 is 40.8 Å². The second kappa shape index (κ2) is 10.7. The third-order valence-corrected chi connectivity index (χ3v) is 4.93. The Kier molecular flexibility index (Phi) is 8.25. The van der Waals surface area contributed by atoms with Gasteiger partial charge in [0.05, 0.1) is 11.4 Å². The summed E-state index contributed by atoms with van der Waals surface area (Å²) in [5.41, 5.74) is 0.842. The maximum absolute atomic E-state index is 12.4. The number of amides is 4. The van der Waals surface area contributed by atoms with Crippen LogP contribution in [0.25, 0.3) is 6.08 Å². The van der Waals surface area contributed by atoms with Gasteiger partial charge in [0.1, 0.15) is 0 Å². The zero-order valence-corrected chi connectivity index (χ0v) is 16.9. The van der Waals surface area contributed by atoms with Crippen molar-refractivity contribution in [2.45, 2.75) is 26.7 Å². The van der Waals surface area contributed by atoms with Crippen molar-refractivity contribution in [1.29, 1.82) is 0 Å². The van der Waals surface area contributed by atoms with E-state index in [4.69, 9.17) is 0 Å². The van der Waals surface area contributed by atoms with Crippen molar-refractivity contribution in [2.24, 2.45) is 5.92 Å². The van der Waals surface area contributed by atoms with Gasteiger partial charge in [0, 0.05) is 19.5 Å². The van der Waals surface area contributed by atoms with Gasteiger partial charge in [-0.1, -0.05) is 44.2 Å². The molecule has 0 saturated carbocycles. The Morgan fingerprint density at radius 2 is 1.82 bits per heavy atom. The van der Waals surface area contributed by atoms with Crippen LogP contribution in [0.4, 0.5) is 4.79 Å². The number of benzene rings is 1. The first-order valence-electron chi connectivity index (χ1n) is 9.20. The van der Waals surface area contributed by atoms with Gasteiger partial charge in [0.15, 0.2) is 0 Å². The standard InChI is InChI=1S/C20H25N3O4S/c1-14(2)8-9-17(24)22-13-18(25)21-10-11-23-19(26)16(28-20(23)27)12-15-6-4-3-5-7-15/h3-7,12,14H,8-11,13H2,1-2H3,(H,21,25)(H,22,24)/b16-12+. The molecule has 28 heavy (non-hydrogen) atoms. The van der Waals surface area contributed by atoms with Crippen molar-refractivity contribution in [3.63, 3.8) is 0 Å². The number of hydrogen-bond acceptors (Lipinski definition) is 5. The fourth-order valence-corrected chi connectivity index (χ4v) is 3.32. The number of thioether (sulfide) groups is 1. The van der Waals surface area contributed by atoms with E-state index in [1.54, 1.807) is 6.08 Å². The van der Waals surface area contributed by atoms with E-state index in [-0.39, 0.29) is 42.6 Å². The van der Waals surface area contributed by atoms with Crippen LogP contribution in [0.2, 0.25) is 0 Å². The number of nitrogens with zero attached hydrogens (tertiary/aromatic N) is 1. The highest BCUT2D eigenvalue weighted by atomic mass is 32.2. The maximum Gasteiger partial charge on any atom is 0.293 e. The molecule has 1 aromatic rings. The summed E-state index contributed by atoms with van der Waals surface area (Å²) < 4.78 is 0. The third-order valence-electron chi connectivity index (χ3n) is 4.02. The van der Waals surface area contributed by atoms with Crippen LogP contribution < -0.4 is 10.6 Å². The van der Waals surface area contributed by atoms with E-state index >= 15 is 0 Å². The van der Waals surface area contributed by atoms with E-state index in [0.29, 0.717) is 17.2 Å². The Labute approximate surface area is 168 Å². The normalized spacial score (nSPS) is 15.4. The quantitative estimate of drug-likeness (QED) is 0.617. The molecule has 150 valence electrons. The lowest BCUT2D eigenvalue weighted by Gasteiger charge is -2.13. The lowest BCUT2D eigenvalue weighted by molar-refractivity contribution is -0.126. The largest absolute Gasteiger partial charge is 0.353 e. The average molecular weight is 404 g/mol. The highest BCUT2D eigenvalue weighted by Crippen LogP contribution is 2.31. The second-order valence-electron chi connectivity index (χ2n) is 6.80. The smallest absolute Gasteiger partial charge is 0.293 e. The van der Waals surface area contributed by atoms with Crippen LogP contribution >= 0.6 is 11.8 Å². The number of hydrogen-bond donors (Lipinski definition) is 2. The van der Waals surface area contributed by atoms with E-state index in [1.807, 2.05) is 44.2 Å². The number of imide groups is 1. The summed E-state index contributed by atoms with van der Waals surface area (Å²) in [4.78, 5) is 49.3. The SMILES string of the molecule is CC(C)CCC(=O)NCC(=O)NCCN1C(=O)S/C(=C/c2ccccc2)C1=O. The van der Waals surface area contributed by atoms with Gasteiger partial charge in [-0.05, 0) is 35.7 Å². The molecule has 8 heteroatoms. The monoisotopic (exact) mass is 403 g/mol. The summed E-state index contributed by atoms with van der Waals surface area (Å²) in [5.74, 6) is -0.463. The Balaban J connectivity index is 1.74. The predicted octanol–water partition coefficient (Wildman–Crippen LogP) is 2.39. The van der Waals surface area contributed by atoms with Gasteiger partial charge in [-0.25, -0.2) is 0 Å². The van der Waals surface area contributed by atoms with Crippen molar-refractivity contribution < 1.29 is 19.2 Å². The molecule has 0 aromatic heterocycles. The van der Waals surface area contributed by atoms with Crippen molar-refractivity contribution in [1.82, 2.24) is 15.5 Å². The van der Waals surface area contributed by atoms with Crippen LogP contribution in [0.5, 0.6) is 0 Å². The Hall–Kier alpha value is -2.61. The second-order valence-corrected chi connectivity index (χ2v) is 7.80. The first-order valence-corrected chi connectivity index (χ1v) is 10.0. The van der Waals surface area contributed by atoms with Crippen LogP contribution in [0.15, 0.2) is 35.2 Å². The molecule has 1 fully saturated rings. The number of nitrogens with one attached hydrogen (secondary N) is 2. The van der Waals surface area contributed by atoms with Gasteiger partial charge >= 0.3 is 0 Å². The molecule has 1 aromatic carbocycles. The van der Waals surface area contributed by atoms with Gasteiger partial charge < -0.3 is 10.6 Å². The van der Waals surface area contributed by atoms with Gasteiger partial charge in [0.25, 0.3) is 11.1 Å². The molecule has 1 heterocycles. The summed E-state index contributed by atoms with van der Waals surface area (Å²) in [6.45, 7) is 4.16. The molecule has 0 unspecified atom stereocenters. The topological polar surface area (TPSA) is 95.6 Å². The highest BCUT2D eigenvalue weighted by Gasteiger charge is 2.34. The maximum atomic E-state index is 12.4. The molecule has 2 N–H and O–H groups in total. The summed E-state index contributed by atoms with van der Waals surface area (Å²) >= 11 is 0.886. The summed E-state index contributed by atoms with van der Waals surface area (Å²) in [7, 11) is 0. The highest BCUT2D eigenvalue weighted by molar-refractivity contribution is 8.18. The Morgan fingerprint density at radius 1 is 1.11 bits per heavy atom. The van der Waals surface area contributed by atoms with Gasteiger partial charge in [-0.15, -0.1) is 0 Å². The van der Waals surface area contributed by atoms with Crippen LogP contribution in [0, 0.1) is 5.92 Å². The molecule has 0 aliphatic carbocycles. The van der Waals surface area contributed by atoms with Crippen molar-refractivity contribution in [3.8, 4) is 0 Å². The summed E-state index contributed by atoms with van der Waals surface area (Å²) in [6.07, 6.45) is 2.83. The Morgan fingerprint density at radius 3 is 2.50 bits per heavy atom. The molecule has 2 rings (SSSR count). The lowest BCUT2D eigenvalue weighted by Crippen LogP contribution is -2.41. The van der Waals surface area contributed by atoms with Crippen LogP contribution in [-0.4, -0.2) is 47.5 Å². The summed E-state index contributed by atoms with van der Waals surface area (Å²) in [6, 6.07) is 9.28. The van der Waals surface area contributed by atoms with Crippen LogP contribution in [-0.2, 0) is 14.4 Å². The molecule has 1 saturated heterocycles. The number of carbonyl (C=O) groups is 4. The lowest BCUT2D eigenvalue weighted by atomic mass is 10.1. The molecule has 4 amide bonds. The molecule has 1 aliphatic heterocycles. The average Bonchev–Trinajstić information content (AvgIpc) is 2.92. The first kappa shape index (κ1) is 21.7. The van der Waals surface area contributed by atoms with Gasteiger partial charge in [0.2, 0.25) is 11.8 Å². The van der Waals surface area contributed by atoms with E-state index in [1.165, 1.54) is 0 Å². The molecule has 0 bridgehead atoms.